The summed E-state index contributed by atoms with van der Waals surface area (Å²) in [5.41, 5.74) is 3.15. The van der Waals surface area contributed by atoms with E-state index in [-0.39, 0.29) is 25.6 Å². The number of ether oxygens (including phenoxy) is 2. The van der Waals surface area contributed by atoms with E-state index in [1.807, 2.05) is 0 Å². The van der Waals surface area contributed by atoms with Gasteiger partial charge in [0.05, 0.1) is 0 Å². The number of ketones is 1. The molecule has 1 unspecified atom stereocenters. The molecule has 1 rings (SSSR count). The van der Waals surface area contributed by atoms with E-state index in [9.17, 15) is 9.90 Å². The summed E-state index contributed by atoms with van der Waals surface area (Å²) < 4.78 is 10.2. The molecule has 0 aromatic heterocycles. The summed E-state index contributed by atoms with van der Waals surface area (Å²) in [5, 5.41) is 9.82. The smallest absolute Gasteiger partial charge is 0.210 e. The summed E-state index contributed by atoms with van der Waals surface area (Å²) in [6.45, 7) is 6.57. The highest BCUT2D eigenvalue weighted by Gasteiger charge is 2.29. The van der Waals surface area contributed by atoms with E-state index >= 15 is 0 Å². The maximum absolute atomic E-state index is 10.9. The zero-order chi connectivity index (χ0) is 12.9. The van der Waals surface area contributed by atoms with E-state index in [4.69, 9.17) is 9.47 Å². The maximum Gasteiger partial charge on any atom is 0.210 e. The third kappa shape index (κ3) is 5.80. The van der Waals surface area contributed by atoms with E-state index in [0.29, 0.717) is 0 Å². The number of hydrogen-bond acceptors (Lipinski definition) is 4. The van der Waals surface area contributed by atoms with Gasteiger partial charge in [0.1, 0.15) is 27.9 Å². The van der Waals surface area contributed by atoms with Crippen LogP contribution in [0.2, 0.25) is 19.6 Å². The minimum absolute atomic E-state index is 0.0167. The molecule has 17 heavy (non-hydrogen) atoms. The molecule has 0 amide bonds. The van der Waals surface area contributed by atoms with E-state index in [1.165, 1.54) is 12.2 Å². The van der Waals surface area contributed by atoms with Gasteiger partial charge in [-0.15, -0.1) is 5.54 Å². The Labute approximate surface area is 103 Å². The van der Waals surface area contributed by atoms with E-state index in [0.717, 1.165) is 0 Å². The molecule has 0 aromatic carbocycles. The molecule has 1 aliphatic heterocycles. The molecule has 0 saturated carbocycles. The molecular formula is C12H18O4Si. The number of rotatable bonds is 3. The topological polar surface area (TPSA) is 55.8 Å². The molecule has 1 heterocycles. The van der Waals surface area contributed by atoms with Gasteiger partial charge in [-0.3, -0.25) is 4.79 Å². The lowest BCUT2D eigenvalue weighted by Crippen LogP contribution is -2.40. The first-order valence-electron chi connectivity index (χ1n) is 5.47. The normalized spacial score (nSPS) is 24.4. The van der Waals surface area contributed by atoms with Gasteiger partial charge in [0.25, 0.3) is 0 Å². The maximum atomic E-state index is 10.9. The van der Waals surface area contributed by atoms with Crippen LogP contribution in [-0.4, -0.2) is 44.6 Å². The molecule has 0 spiro atoms. The predicted molar refractivity (Wildman–Crippen MR) is 67.0 cm³/mol. The van der Waals surface area contributed by atoms with Crippen LogP contribution in [0.15, 0.2) is 12.2 Å². The summed E-state index contributed by atoms with van der Waals surface area (Å²) in [6, 6.07) is 0. The first-order valence-corrected chi connectivity index (χ1v) is 8.97. The van der Waals surface area contributed by atoms with Crippen LogP contribution in [0.4, 0.5) is 0 Å². The Morgan fingerprint density at radius 3 is 2.82 bits per heavy atom. The van der Waals surface area contributed by atoms with Crippen molar-refractivity contribution < 1.29 is 19.4 Å². The van der Waals surface area contributed by atoms with Crippen molar-refractivity contribution in [2.24, 2.45) is 0 Å². The monoisotopic (exact) mass is 254 g/mol. The Bertz CT molecular complexity index is 372. The molecule has 0 bridgehead atoms. The average molecular weight is 254 g/mol. The third-order valence-electron chi connectivity index (χ3n) is 1.94. The van der Waals surface area contributed by atoms with Gasteiger partial charge in [0.15, 0.2) is 5.78 Å². The highest BCUT2D eigenvalue weighted by molar-refractivity contribution is 6.83. The van der Waals surface area contributed by atoms with Gasteiger partial charge in [-0.05, 0) is 12.2 Å². The molecule has 0 aliphatic carbocycles. The van der Waals surface area contributed by atoms with Crippen molar-refractivity contribution in [1.29, 1.82) is 0 Å². The van der Waals surface area contributed by atoms with Gasteiger partial charge in [-0.1, -0.05) is 25.6 Å². The quantitative estimate of drug-likeness (QED) is 0.458. The van der Waals surface area contributed by atoms with Crippen LogP contribution in [0.25, 0.3) is 0 Å². The number of carbonyl (C=O) groups excluding carboxylic acids is 1. The molecular weight excluding hydrogens is 236 g/mol. The fraction of sp³-hybridized carbons (Fsp3) is 0.583. The van der Waals surface area contributed by atoms with Crippen LogP contribution >= 0.6 is 0 Å². The molecule has 0 fully saturated rings. The largest absolute Gasteiger partial charge is 0.363 e. The van der Waals surface area contributed by atoms with Crippen LogP contribution < -0.4 is 0 Å². The summed E-state index contributed by atoms with van der Waals surface area (Å²) >= 11 is 0. The Morgan fingerprint density at radius 1 is 1.59 bits per heavy atom. The SMILES string of the molecule is C[Si](C)(C)C#CCOCC1(O)C=CC(=O)CO1. The fourth-order valence-electron chi connectivity index (χ4n) is 1.15. The third-order valence-corrected chi connectivity index (χ3v) is 2.87. The second-order valence-electron chi connectivity index (χ2n) is 4.98. The van der Waals surface area contributed by atoms with Gasteiger partial charge < -0.3 is 14.6 Å². The molecule has 0 saturated heterocycles. The predicted octanol–water partition coefficient (Wildman–Crippen LogP) is 0.728. The molecule has 0 aromatic rings. The Hall–Kier alpha value is -0.933. The molecule has 1 atom stereocenters. The second-order valence-corrected chi connectivity index (χ2v) is 9.73. The van der Waals surface area contributed by atoms with Gasteiger partial charge in [0.2, 0.25) is 5.79 Å². The number of carbonyl (C=O) groups is 1. The zero-order valence-electron chi connectivity index (χ0n) is 10.4. The van der Waals surface area contributed by atoms with Gasteiger partial charge in [-0.25, -0.2) is 0 Å². The molecule has 94 valence electrons. The minimum Gasteiger partial charge on any atom is -0.363 e. The molecule has 0 radical (unpaired) electrons. The van der Waals surface area contributed by atoms with Crippen LogP contribution in [0.5, 0.6) is 0 Å². The van der Waals surface area contributed by atoms with E-state index in [1.54, 1.807) is 0 Å². The number of hydrogen-bond donors (Lipinski definition) is 1. The lowest BCUT2D eigenvalue weighted by Gasteiger charge is -2.26. The van der Waals surface area contributed by atoms with Crippen molar-refractivity contribution in [2.75, 3.05) is 19.8 Å². The lowest BCUT2D eigenvalue weighted by molar-refractivity contribution is -0.200. The van der Waals surface area contributed by atoms with Crippen molar-refractivity contribution in [1.82, 2.24) is 0 Å². The summed E-state index contributed by atoms with van der Waals surface area (Å²) in [5.74, 6) is 1.27. The Balaban J connectivity index is 2.34. The molecule has 5 heteroatoms. The highest BCUT2D eigenvalue weighted by Crippen LogP contribution is 2.13. The van der Waals surface area contributed by atoms with E-state index in [2.05, 4.69) is 31.1 Å². The summed E-state index contributed by atoms with van der Waals surface area (Å²) in [6.07, 6.45) is 2.62. The molecule has 4 nitrogen and oxygen atoms in total. The zero-order valence-corrected chi connectivity index (χ0v) is 11.4. The van der Waals surface area contributed by atoms with Gasteiger partial charge in [-0.2, -0.15) is 0 Å². The van der Waals surface area contributed by atoms with Crippen molar-refractivity contribution >= 4 is 13.9 Å². The molecule has 1 N–H and O–H groups in total. The summed E-state index contributed by atoms with van der Waals surface area (Å²) in [4.78, 5) is 10.9. The Kier molecular flexibility index (Phi) is 4.66. The molecule has 1 aliphatic rings. The average Bonchev–Trinajstić information content (AvgIpc) is 2.21. The van der Waals surface area contributed by atoms with Crippen LogP contribution in [0.3, 0.4) is 0 Å². The fourth-order valence-corrected chi connectivity index (χ4v) is 1.76. The standard InChI is InChI=1S/C12H18O4Si/c1-17(2,3)8-4-7-15-10-12(14)6-5-11(13)9-16-12/h5-6,14H,7,9-10H2,1-3H3. The van der Waals surface area contributed by atoms with Crippen molar-refractivity contribution in [3.8, 4) is 11.5 Å². The van der Waals surface area contributed by atoms with Crippen LogP contribution in [-0.2, 0) is 14.3 Å². The van der Waals surface area contributed by atoms with Crippen molar-refractivity contribution in [3.63, 3.8) is 0 Å². The van der Waals surface area contributed by atoms with Gasteiger partial charge in [0, 0.05) is 0 Å². The lowest BCUT2D eigenvalue weighted by atomic mass is 10.2. The second kappa shape index (κ2) is 5.60. The highest BCUT2D eigenvalue weighted by atomic mass is 28.3. The van der Waals surface area contributed by atoms with Crippen molar-refractivity contribution in [3.05, 3.63) is 12.2 Å². The van der Waals surface area contributed by atoms with Gasteiger partial charge >= 0.3 is 0 Å². The summed E-state index contributed by atoms with van der Waals surface area (Å²) in [7, 11) is -1.37. The number of aliphatic hydroxyl groups is 1. The first-order chi connectivity index (χ1) is 7.81. The van der Waals surface area contributed by atoms with Crippen LogP contribution in [0, 0.1) is 11.5 Å². The first kappa shape index (κ1) is 14.1. The van der Waals surface area contributed by atoms with E-state index < -0.39 is 13.9 Å². The Morgan fingerprint density at radius 2 is 2.29 bits per heavy atom. The minimum atomic E-state index is -1.49. The van der Waals surface area contributed by atoms with Crippen LogP contribution in [0.1, 0.15) is 0 Å². The van der Waals surface area contributed by atoms with Crippen molar-refractivity contribution in [2.45, 2.75) is 25.4 Å².